The average Bonchev–Trinajstić information content (AvgIpc) is 2.62. The van der Waals surface area contributed by atoms with Crippen LogP contribution in [0.25, 0.3) is 10.9 Å². The standard InChI is InChI=1S/C20H18ClFN2O/c21-17-4-2-1-3-16(17)20(25)8-11-24(12-9-20)19-7-10-23-18-13-14(22)5-6-15(18)19/h1-7,10,13,25H,8-9,11-12H2. The predicted molar refractivity (Wildman–Crippen MR) is 98.5 cm³/mol. The van der Waals surface area contributed by atoms with Gasteiger partial charge in [0.2, 0.25) is 0 Å². The number of aromatic nitrogens is 1. The number of hydrogen-bond donors (Lipinski definition) is 1. The van der Waals surface area contributed by atoms with E-state index in [-0.39, 0.29) is 5.82 Å². The van der Waals surface area contributed by atoms with Crippen molar-refractivity contribution in [2.75, 3.05) is 18.0 Å². The van der Waals surface area contributed by atoms with Crippen molar-refractivity contribution in [1.29, 1.82) is 0 Å². The van der Waals surface area contributed by atoms with Crippen molar-refractivity contribution >= 4 is 28.2 Å². The van der Waals surface area contributed by atoms with Crippen molar-refractivity contribution in [3.63, 3.8) is 0 Å². The normalized spacial score (nSPS) is 17.0. The van der Waals surface area contributed by atoms with E-state index >= 15 is 0 Å². The Morgan fingerprint density at radius 1 is 1.08 bits per heavy atom. The second-order valence-electron chi connectivity index (χ2n) is 6.49. The lowest BCUT2D eigenvalue weighted by atomic mass is 9.84. The zero-order valence-electron chi connectivity index (χ0n) is 13.6. The highest BCUT2D eigenvalue weighted by atomic mass is 35.5. The minimum absolute atomic E-state index is 0.288. The molecule has 0 amide bonds. The monoisotopic (exact) mass is 356 g/mol. The molecule has 128 valence electrons. The van der Waals surface area contributed by atoms with Crippen LogP contribution in [-0.4, -0.2) is 23.2 Å². The zero-order valence-corrected chi connectivity index (χ0v) is 14.4. The smallest absolute Gasteiger partial charge is 0.125 e. The first-order valence-electron chi connectivity index (χ1n) is 8.33. The number of aliphatic hydroxyl groups is 1. The van der Waals surface area contributed by atoms with E-state index in [0.29, 0.717) is 36.5 Å². The van der Waals surface area contributed by atoms with Crippen molar-refractivity contribution in [1.82, 2.24) is 4.98 Å². The third kappa shape index (κ3) is 2.96. The van der Waals surface area contributed by atoms with E-state index in [0.717, 1.165) is 16.6 Å². The molecule has 2 heterocycles. The maximum Gasteiger partial charge on any atom is 0.125 e. The predicted octanol–water partition coefficient (Wildman–Crippen LogP) is 4.52. The molecule has 0 aliphatic carbocycles. The summed E-state index contributed by atoms with van der Waals surface area (Å²) in [6, 6.07) is 14.1. The number of rotatable bonds is 2. The van der Waals surface area contributed by atoms with Crippen LogP contribution in [0.5, 0.6) is 0 Å². The molecule has 2 aromatic carbocycles. The second kappa shape index (κ2) is 6.28. The Morgan fingerprint density at radius 3 is 2.60 bits per heavy atom. The Balaban J connectivity index is 1.62. The van der Waals surface area contributed by atoms with E-state index in [4.69, 9.17) is 11.6 Å². The van der Waals surface area contributed by atoms with Crippen molar-refractivity contribution in [3.05, 3.63) is 71.1 Å². The first kappa shape index (κ1) is 16.3. The summed E-state index contributed by atoms with van der Waals surface area (Å²) >= 11 is 6.28. The SMILES string of the molecule is OC1(c2ccccc2Cl)CCN(c2ccnc3cc(F)ccc23)CC1. The number of hydrogen-bond acceptors (Lipinski definition) is 3. The second-order valence-corrected chi connectivity index (χ2v) is 6.90. The first-order chi connectivity index (χ1) is 12.1. The van der Waals surface area contributed by atoms with Crippen LogP contribution < -0.4 is 4.90 Å². The van der Waals surface area contributed by atoms with Crippen molar-refractivity contribution < 1.29 is 9.50 Å². The van der Waals surface area contributed by atoms with Crippen LogP contribution in [0.4, 0.5) is 10.1 Å². The third-order valence-electron chi connectivity index (χ3n) is 4.99. The molecule has 4 rings (SSSR count). The molecule has 1 N–H and O–H groups in total. The molecule has 0 unspecified atom stereocenters. The van der Waals surface area contributed by atoms with Gasteiger partial charge in [-0.2, -0.15) is 0 Å². The molecule has 1 aliphatic rings. The summed E-state index contributed by atoms with van der Waals surface area (Å²) in [6.07, 6.45) is 2.87. The van der Waals surface area contributed by atoms with Gasteiger partial charge in [0.1, 0.15) is 5.82 Å². The fourth-order valence-electron chi connectivity index (χ4n) is 3.61. The van der Waals surface area contributed by atoms with Crippen LogP contribution in [0, 0.1) is 5.82 Å². The summed E-state index contributed by atoms with van der Waals surface area (Å²) in [5.41, 5.74) is 1.54. The van der Waals surface area contributed by atoms with Gasteiger partial charge in [0.05, 0.1) is 11.1 Å². The van der Waals surface area contributed by atoms with Gasteiger partial charge in [0, 0.05) is 47.0 Å². The van der Waals surface area contributed by atoms with Gasteiger partial charge >= 0.3 is 0 Å². The fraction of sp³-hybridized carbons (Fsp3) is 0.250. The van der Waals surface area contributed by atoms with Gasteiger partial charge in [-0.3, -0.25) is 4.98 Å². The number of benzene rings is 2. The van der Waals surface area contributed by atoms with E-state index in [1.54, 1.807) is 12.3 Å². The quantitative estimate of drug-likeness (QED) is 0.733. The number of nitrogens with zero attached hydrogens (tertiary/aromatic N) is 2. The maximum atomic E-state index is 13.4. The highest BCUT2D eigenvalue weighted by Crippen LogP contribution is 2.38. The lowest BCUT2D eigenvalue weighted by molar-refractivity contribution is 0.0119. The summed E-state index contributed by atoms with van der Waals surface area (Å²) in [7, 11) is 0. The molecule has 5 heteroatoms. The van der Waals surface area contributed by atoms with Crippen LogP contribution in [0.3, 0.4) is 0 Å². The lowest BCUT2D eigenvalue weighted by Crippen LogP contribution is -2.42. The minimum atomic E-state index is -0.913. The Hall–Kier alpha value is -2.17. The number of halogens is 2. The van der Waals surface area contributed by atoms with E-state index in [1.165, 1.54) is 12.1 Å². The van der Waals surface area contributed by atoms with Crippen LogP contribution in [0.15, 0.2) is 54.7 Å². The van der Waals surface area contributed by atoms with E-state index in [9.17, 15) is 9.50 Å². The molecule has 1 fully saturated rings. The summed E-state index contributed by atoms with van der Waals surface area (Å²) in [6.45, 7) is 1.39. The van der Waals surface area contributed by atoms with Gasteiger partial charge in [0.15, 0.2) is 0 Å². The van der Waals surface area contributed by atoms with Crippen molar-refractivity contribution in [2.24, 2.45) is 0 Å². The molecular weight excluding hydrogens is 339 g/mol. The molecule has 25 heavy (non-hydrogen) atoms. The van der Waals surface area contributed by atoms with Crippen molar-refractivity contribution in [3.8, 4) is 0 Å². The van der Waals surface area contributed by atoms with Crippen LogP contribution >= 0.6 is 11.6 Å². The summed E-state index contributed by atoms with van der Waals surface area (Å²) in [5.74, 6) is -0.288. The van der Waals surface area contributed by atoms with Crippen molar-refractivity contribution in [2.45, 2.75) is 18.4 Å². The van der Waals surface area contributed by atoms with Gasteiger partial charge in [-0.15, -0.1) is 0 Å². The van der Waals surface area contributed by atoms with Gasteiger partial charge in [-0.1, -0.05) is 29.8 Å². The summed E-state index contributed by atoms with van der Waals surface area (Å²) in [4.78, 5) is 6.47. The molecule has 3 nitrogen and oxygen atoms in total. The van der Waals surface area contributed by atoms with Crippen LogP contribution in [0.2, 0.25) is 5.02 Å². The van der Waals surface area contributed by atoms with Gasteiger partial charge in [0.25, 0.3) is 0 Å². The van der Waals surface area contributed by atoms with E-state index in [1.807, 2.05) is 30.3 Å². The fourth-order valence-corrected chi connectivity index (χ4v) is 3.92. The number of anilines is 1. The molecule has 0 bridgehead atoms. The molecule has 1 aromatic heterocycles. The zero-order chi connectivity index (χ0) is 17.4. The number of pyridine rings is 1. The van der Waals surface area contributed by atoms with Gasteiger partial charge < -0.3 is 10.0 Å². The highest BCUT2D eigenvalue weighted by molar-refractivity contribution is 6.31. The molecule has 0 saturated carbocycles. The van der Waals surface area contributed by atoms with E-state index < -0.39 is 5.60 Å². The average molecular weight is 357 g/mol. The molecule has 3 aromatic rings. The summed E-state index contributed by atoms with van der Waals surface area (Å²) in [5, 5.41) is 12.6. The number of piperidine rings is 1. The third-order valence-corrected chi connectivity index (χ3v) is 5.32. The van der Waals surface area contributed by atoms with Gasteiger partial charge in [-0.25, -0.2) is 4.39 Å². The molecule has 1 saturated heterocycles. The Morgan fingerprint density at radius 2 is 1.84 bits per heavy atom. The van der Waals surface area contributed by atoms with Crippen LogP contribution in [-0.2, 0) is 5.60 Å². The van der Waals surface area contributed by atoms with Gasteiger partial charge in [-0.05, 0) is 37.1 Å². The molecule has 0 atom stereocenters. The number of fused-ring (bicyclic) bond motifs is 1. The first-order valence-corrected chi connectivity index (χ1v) is 8.71. The molecule has 0 radical (unpaired) electrons. The topological polar surface area (TPSA) is 36.4 Å². The molecular formula is C20H18ClFN2O. The lowest BCUT2D eigenvalue weighted by Gasteiger charge is -2.40. The Kier molecular flexibility index (Phi) is 4.10. The molecule has 0 spiro atoms. The Bertz CT molecular complexity index is 922. The highest BCUT2D eigenvalue weighted by Gasteiger charge is 2.35. The Labute approximate surface area is 150 Å². The minimum Gasteiger partial charge on any atom is -0.385 e. The molecule has 1 aliphatic heterocycles. The maximum absolute atomic E-state index is 13.4. The van der Waals surface area contributed by atoms with E-state index in [2.05, 4.69) is 9.88 Å². The summed E-state index contributed by atoms with van der Waals surface area (Å²) < 4.78 is 13.4. The largest absolute Gasteiger partial charge is 0.385 e. The van der Waals surface area contributed by atoms with Crippen LogP contribution in [0.1, 0.15) is 18.4 Å².